The molecule has 0 heterocycles. The van der Waals surface area contributed by atoms with E-state index >= 15 is 0 Å². The van der Waals surface area contributed by atoms with E-state index in [1.165, 1.54) is 0 Å². The van der Waals surface area contributed by atoms with Gasteiger partial charge in [-0.15, -0.1) is 12.6 Å². The fraction of sp³-hybridized carbons (Fsp3) is 0.0500. The number of hydrogen-bond acceptors (Lipinski definition) is 3. The summed E-state index contributed by atoms with van der Waals surface area (Å²) in [5.41, 5.74) is 2.78. The van der Waals surface area contributed by atoms with Gasteiger partial charge in [0.05, 0.1) is 0 Å². The third-order valence-electron chi connectivity index (χ3n) is 2.91. The Morgan fingerprint density at radius 1 is 1.09 bits per heavy atom. The maximum absolute atomic E-state index is 11.1. The highest BCUT2D eigenvalue weighted by Gasteiger charge is 1.98. The summed E-state index contributed by atoms with van der Waals surface area (Å²) in [6.45, 7) is 5.33. The van der Waals surface area contributed by atoms with E-state index in [9.17, 15) is 4.79 Å². The molecule has 23 heavy (non-hydrogen) atoms. The molecule has 0 fully saturated rings. The molecule has 3 heteroatoms. The zero-order valence-corrected chi connectivity index (χ0v) is 13.5. The standard InChI is InChI=1S/C20H14O2S/c1-3-20(21)22-18-11-8-16(9-12-18)6-4-5-7-17-10-13-19(23)15(2)14-17/h3,8-14,23H,1H2,2H3. The van der Waals surface area contributed by atoms with Gasteiger partial charge < -0.3 is 4.74 Å². The molecule has 0 saturated carbocycles. The van der Waals surface area contributed by atoms with E-state index in [0.717, 1.165) is 27.7 Å². The fourth-order valence-electron chi connectivity index (χ4n) is 1.70. The highest BCUT2D eigenvalue weighted by atomic mass is 32.1. The molecule has 0 amide bonds. The lowest BCUT2D eigenvalue weighted by molar-refractivity contribution is -0.128. The molecule has 2 aromatic rings. The Morgan fingerprint density at radius 2 is 1.70 bits per heavy atom. The van der Waals surface area contributed by atoms with Crippen molar-refractivity contribution in [1.29, 1.82) is 0 Å². The summed E-state index contributed by atoms with van der Waals surface area (Å²) in [4.78, 5) is 12.0. The number of aryl methyl sites for hydroxylation is 1. The number of rotatable bonds is 2. The SMILES string of the molecule is C=CC(=O)Oc1ccc(C#CC#Cc2ccc(S)c(C)c2)cc1. The van der Waals surface area contributed by atoms with Crippen molar-refractivity contribution < 1.29 is 9.53 Å². The Kier molecular flexibility index (Phi) is 5.69. The summed E-state index contributed by atoms with van der Waals surface area (Å²) in [6.07, 6.45) is 1.12. The van der Waals surface area contributed by atoms with Gasteiger partial charge in [-0.3, -0.25) is 0 Å². The zero-order chi connectivity index (χ0) is 16.7. The minimum absolute atomic E-state index is 0.453. The topological polar surface area (TPSA) is 26.3 Å². The van der Waals surface area contributed by atoms with Crippen LogP contribution in [-0.4, -0.2) is 5.97 Å². The van der Waals surface area contributed by atoms with Gasteiger partial charge in [-0.05, 0) is 66.8 Å². The van der Waals surface area contributed by atoms with Crippen molar-refractivity contribution in [2.24, 2.45) is 0 Å². The molecule has 2 aromatic carbocycles. The molecule has 0 spiro atoms. The van der Waals surface area contributed by atoms with Gasteiger partial charge in [-0.2, -0.15) is 0 Å². The second kappa shape index (κ2) is 7.94. The molecule has 0 unspecified atom stereocenters. The van der Waals surface area contributed by atoms with Crippen LogP contribution < -0.4 is 4.74 Å². The lowest BCUT2D eigenvalue weighted by Crippen LogP contribution is -2.02. The number of thiol groups is 1. The smallest absolute Gasteiger partial charge is 0.335 e. The maximum Gasteiger partial charge on any atom is 0.335 e. The Bertz CT molecular complexity index is 856. The number of ether oxygens (including phenoxy) is 1. The first-order valence-corrected chi connectivity index (χ1v) is 7.29. The van der Waals surface area contributed by atoms with E-state index in [1.807, 2.05) is 25.1 Å². The first-order valence-electron chi connectivity index (χ1n) is 6.84. The molecule has 0 aliphatic rings. The van der Waals surface area contributed by atoms with Gasteiger partial charge in [-0.1, -0.05) is 18.4 Å². The fourth-order valence-corrected chi connectivity index (χ4v) is 1.84. The van der Waals surface area contributed by atoms with E-state index in [2.05, 4.69) is 42.9 Å². The van der Waals surface area contributed by atoms with Crippen LogP contribution >= 0.6 is 12.6 Å². The molecule has 0 aromatic heterocycles. The third-order valence-corrected chi connectivity index (χ3v) is 3.41. The second-order valence-corrected chi connectivity index (χ2v) is 5.13. The van der Waals surface area contributed by atoms with Gasteiger partial charge in [0.15, 0.2) is 0 Å². The van der Waals surface area contributed by atoms with Crippen LogP contribution in [-0.2, 0) is 4.79 Å². The van der Waals surface area contributed by atoms with Crippen molar-refractivity contribution in [2.45, 2.75) is 11.8 Å². The summed E-state index contributed by atoms with van der Waals surface area (Å²) < 4.78 is 4.98. The van der Waals surface area contributed by atoms with Crippen molar-refractivity contribution in [3.63, 3.8) is 0 Å². The summed E-state index contributed by atoms with van der Waals surface area (Å²) in [5, 5.41) is 0. The Balaban J connectivity index is 2.05. The van der Waals surface area contributed by atoms with Crippen LogP contribution in [0.4, 0.5) is 0 Å². The van der Waals surface area contributed by atoms with Crippen LogP contribution in [0.5, 0.6) is 5.75 Å². The average molecular weight is 318 g/mol. The van der Waals surface area contributed by atoms with Gasteiger partial charge in [0.25, 0.3) is 0 Å². The first-order chi connectivity index (χ1) is 11.1. The van der Waals surface area contributed by atoms with Gasteiger partial charge in [0.2, 0.25) is 0 Å². The van der Waals surface area contributed by atoms with E-state index in [-0.39, 0.29) is 0 Å². The van der Waals surface area contributed by atoms with Gasteiger partial charge in [0, 0.05) is 22.1 Å². The number of benzene rings is 2. The minimum atomic E-state index is -0.489. The van der Waals surface area contributed by atoms with Crippen LogP contribution in [0.1, 0.15) is 16.7 Å². The average Bonchev–Trinajstić information content (AvgIpc) is 2.56. The Morgan fingerprint density at radius 3 is 2.30 bits per heavy atom. The summed E-state index contributed by atoms with van der Waals surface area (Å²) in [6, 6.07) is 12.7. The number of esters is 1. The predicted octanol–water partition coefficient (Wildman–Crippen LogP) is 3.78. The van der Waals surface area contributed by atoms with Crippen molar-refractivity contribution in [1.82, 2.24) is 0 Å². The summed E-state index contributed by atoms with van der Waals surface area (Å²) >= 11 is 4.32. The van der Waals surface area contributed by atoms with Crippen molar-refractivity contribution in [2.75, 3.05) is 0 Å². The molecule has 0 aliphatic carbocycles. The van der Waals surface area contributed by atoms with E-state index in [1.54, 1.807) is 24.3 Å². The predicted molar refractivity (Wildman–Crippen MR) is 94.5 cm³/mol. The maximum atomic E-state index is 11.1. The lowest BCUT2D eigenvalue weighted by atomic mass is 10.1. The zero-order valence-electron chi connectivity index (χ0n) is 12.6. The molecule has 112 valence electrons. The largest absolute Gasteiger partial charge is 0.423 e. The quantitative estimate of drug-likeness (QED) is 0.300. The second-order valence-electron chi connectivity index (χ2n) is 4.65. The lowest BCUT2D eigenvalue weighted by Gasteiger charge is -1.99. The molecule has 0 aliphatic heterocycles. The van der Waals surface area contributed by atoms with E-state index in [0.29, 0.717) is 5.75 Å². The van der Waals surface area contributed by atoms with Crippen LogP contribution in [0.25, 0.3) is 0 Å². The van der Waals surface area contributed by atoms with Gasteiger partial charge >= 0.3 is 5.97 Å². The molecular weight excluding hydrogens is 304 g/mol. The molecule has 2 rings (SSSR count). The number of carbonyl (C=O) groups excluding carboxylic acids is 1. The highest BCUT2D eigenvalue weighted by molar-refractivity contribution is 7.80. The van der Waals surface area contributed by atoms with E-state index < -0.39 is 5.97 Å². The summed E-state index contributed by atoms with van der Waals surface area (Å²) in [5.74, 6) is 11.5. The van der Waals surface area contributed by atoms with Crippen molar-refractivity contribution in [3.8, 4) is 29.4 Å². The molecule has 0 N–H and O–H groups in total. The van der Waals surface area contributed by atoms with Gasteiger partial charge in [-0.25, -0.2) is 4.79 Å². The Hall–Kier alpha value is -2.88. The Labute approximate surface area is 141 Å². The number of hydrogen-bond donors (Lipinski definition) is 1. The molecule has 0 atom stereocenters. The van der Waals surface area contributed by atoms with Crippen molar-refractivity contribution in [3.05, 3.63) is 71.8 Å². The van der Waals surface area contributed by atoms with Gasteiger partial charge in [0.1, 0.15) is 5.75 Å². The first kappa shape index (κ1) is 16.5. The molecular formula is C20H14O2S. The normalized spacial score (nSPS) is 8.96. The van der Waals surface area contributed by atoms with E-state index in [4.69, 9.17) is 4.74 Å². The molecule has 2 nitrogen and oxygen atoms in total. The van der Waals surface area contributed by atoms with Crippen LogP contribution in [0.15, 0.2) is 60.0 Å². The molecule has 0 radical (unpaired) electrons. The third kappa shape index (κ3) is 5.11. The molecule has 0 saturated heterocycles. The highest BCUT2D eigenvalue weighted by Crippen LogP contribution is 2.14. The van der Waals surface area contributed by atoms with Crippen molar-refractivity contribution >= 4 is 18.6 Å². The van der Waals surface area contributed by atoms with Crippen LogP contribution in [0.2, 0.25) is 0 Å². The van der Waals surface area contributed by atoms with Crippen LogP contribution in [0.3, 0.4) is 0 Å². The van der Waals surface area contributed by atoms with Crippen LogP contribution in [0, 0.1) is 30.6 Å². The monoisotopic (exact) mass is 318 g/mol. The molecule has 0 bridgehead atoms. The number of carbonyl (C=O) groups is 1. The summed E-state index contributed by atoms with van der Waals surface area (Å²) in [7, 11) is 0. The minimum Gasteiger partial charge on any atom is -0.423 e.